The molecule has 7 heteroatoms. The van der Waals surface area contributed by atoms with E-state index in [0.717, 1.165) is 16.8 Å². The van der Waals surface area contributed by atoms with Gasteiger partial charge in [0.1, 0.15) is 5.82 Å². The zero-order valence-electron chi connectivity index (χ0n) is 15.0. The van der Waals surface area contributed by atoms with Gasteiger partial charge in [0.05, 0.1) is 11.5 Å². The van der Waals surface area contributed by atoms with Crippen molar-refractivity contribution in [2.75, 3.05) is 23.8 Å². The number of carbonyl (C=O) groups excluding carboxylic acids is 1. The number of nitrogens with two attached hydrogens (primary N) is 1. The van der Waals surface area contributed by atoms with E-state index < -0.39 is 9.84 Å². The van der Waals surface area contributed by atoms with E-state index in [1.54, 1.807) is 23.1 Å². The summed E-state index contributed by atoms with van der Waals surface area (Å²) in [6.45, 7) is 4.26. The van der Waals surface area contributed by atoms with Crippen LogP contribution in [0.5, 0.6) is 0 Å². The van der Waals surface area contributed by atoms with Crippen LogP contribution in [0.25, 0.3) is 11.1 Å². The van der Waals surface area contributed by atoms with Crippen molar-refractivity contribution >= 4 is 21.6 Å². The molecule has 2 N–H and O–H groups in total. The van der Waals surface area contributed by atoms with Crippen molar-refractivity contribution in [2.24, 2.45) is 0 Å². The summed E-state index contributed by atoms with van der Waals surface area (Å²) in [7, 11) is -3.03. The van der Waals surface area contributed by atoms with E-state index >= 15 is 0 Å². The Bertz CT molecular complexity index is 924. The second-order valence-corrected chi connectivity index (χ2v) is 8.82. The number of hydrogen-bond acceptors (Lipinski definition) is 5. The smallest absolute Gasteiger partial charge is 0.254 e. The van der Waals surface area contributed by atoms with Gasteiger partial charge in [0.25, 0.3) is 5.91 Å². The molecule has 3 rings (SSSR count). The second kappa shape index (κ2) is 7.07. The summed E-state index contributed by atoms with van der Waals surface area (Å²) in [6.07, 6.45) is 0.510. The van der Waals surface area contributed by atoms with Crippen molar-refractivity contribution in [1.82, 2.24) is 9.88 Å². The average Bonchev–Trinajstić information content (AvgIpc) is 2.95. The fourth-order valence-corrected chi connectivity index (χ4v) is 5.16. The van der Waals surface area contributed by atoms with Gasteiger partial charge in [-0.15, -0.1) is 0 Å². The van der Waals surface area contributed by atoms with E-state index in [0.29, 0.717) is 24.3 Å². The summed E-state index contributed by atoms with van der Waals surface area (Å²) in [6, 6.07) is 10.7. The maximum Gasteiger partial charge on any atom is 0.254 e. The molecule has 1 aliphatic rings. The Kier molecular flexibility index (Phi) is 5.00. The molecule has 2 aromatic rings. The number of carbonyl (C=O) groups is 1. The first-order chi connectivity index (χ1) is 12.3. The van der Waals surface area contributed by atoms with E-state index in [9.17, 15) is 13.2 Å². The third-order valence-corrected chi connectivity index (χ3v) is 6.55. The number of pyridine rings is 1. The summed E-state index contributed by atoms with van der Waals surface area (Å²) in [5.74, 6) is 0.557. The van der Waals surface area contributed by atoms with E-state index in [-0.39, 0.29) is 23.5 Å². The summed E-state index contributed by atoms with van der Waals surface area (Å²) in [5.41, 5.74) is 9.00. The van der Waals surface area contributed by atoms with Gasteiger partial charge in [0, 0.05) is 29.4 Å². The minimum Gasteiger partial charge on any atom is -0.384 e. The van der Waals surface area contributed by atoms with Gasteiger partial charge >= 0.3 is 0 Å². The minimum atomic E-state index is -3.03. The van der Waals surface area contributed by atoms with Crippen molar-refractivity contribution in [3.05, 3.63) is 47.7 Å². The zero-order chi connectivity index (χ0) is 18.9. The Morgan fingerprint density at radius 2 is 1.92 bits per heavy atom. The van der Waals surface area contributed by atoms with Crippen molar-refractivity contribution in [2.45, 2.75) is 26.3 Å². The second-order valence-electron chi connectivity index (χ2n) is 6.59. The van der Waals surface area contributed by atoms with Crippen molar-refractivity contribution in [1.29, 1.82) is 0 Å². The average molecular weight is 373 g/mol. The highest BCUT2D eigenvalue weighted by Crippen LogP contribution is 2.25. The molecule has 1 unspecified atom stereocenters. The Hall–Kier alpha value is -2.41. The van der Waals surface area contributed by atoms with Gasteiger partial charge in [0.2, 0.25) is 0 Å². The van der Waals surface area contributed by atoms with E-state index in [1.165, 1.54) is 0 Å². The summed E-state index contributed by atoms with van der Waals surface area (Å²) in [5, 5.41) is 0. The fraction of sp³-hybridized carbons (Fsp3) is 0.368. The molecule has 0 spiro atoms. The quantitative estimate of drug-likeness (QED) is 0.887. The lowest BCUT2D eigenvalue weighted by Crippen LogP contribution is -2.40. The maximum atomic E-state index is 12.8. The van der Waals surface area contributed by atoms with Crippen molar-refractivity contribution < 1.29 is 13.2 Å². The Morgan fingerprint density at radius 1 is 1.23 bits per heavy atom. The van der Waals surface area contributed by atoms with Crippen molar-refractivity contribution in [3.63, 3.8) is 0 Å². The Morgan fingerprint density at radius 3 is 2.46 bits per heavy atom. The van der Waals surface area contributed by atoms with Crippen LogP contribution in [0.4, 0.5) is 5.82 Å². The van der Waals surface area contributed by atoms with Crippen LogP contribution in [0.1, 0.15) is 29.4 Å². The number of amides is 1. The van der Waals surface area contributed by atoms with Crippen LogP contribution < -0.4 is 5.73 Å². The maximum absolute atomic E-state index is 12.8. The first-order valence-corrected chi connectivity index (χ1v) is 10.5. The molecule has 1 fully saturated rings. The molecule has 1 saturated heterocycles. The molecule has 1 aliphatic heterocycles. The highest BCUT2D eigenvalue weighted by Gasteiger charge is 2.34. The van der Waals surface area contributed by atoms with E-state index in [4.69, 9.17) is 5.73 Å². The minimum absolute atomic E-state index is 0.0565. The molecular weight excluding hydrogens is 350 g/mol. The topological polar surface area (TPSA) is 93.4 Å². The molecule has 1 aromatic carbocycles. The third kappa shape index (κ3) is 3.72. The van der Waals surface area contributed by atoms with Gasteiger partial charge in [-0.1, -0.05) is 12.1 Å². The Balaban J connectivity index is 1.82. The molecule has 1 aromatic heterocycles. The first-order valence-electron chi connectivity index (χ1n) is 8.65. The molecule has 0 radical (unpaired) electrons. The molecule has 6 nitrogen and oxygen atoms in total. The van der Waals surface area contributed by atoms with Crippen LogP contribution in [0.15, 0.2) is 36.4 Å². The largest absolute Gasteiger partial charge is 0.384 e. The standard InChI is InChI=1S/C19H23N3O3S/c1-3-22(16-10-11-26(24,25)12-16)19(23)15-6-4-14(5-7-15)17-8-9-18(20)21-13(17)2/h4-9,16H,3,10-12H2,1-2H3,(H2,20,21). The molecule has 0 bridgehead atoms. The van der Waals surface area contributed by atoms with Crippen LogP contribution in [-0.4, -0.2) is 48.3 Å². The van der Waals surface area contributed by atoms with Crippen LogP contribution in [0.3, 0.4) is 0 Å². The van der Waals surface area contributed by atoms with Gasteiger partial charge in [-0.25, -0.2) is 13.4 Å². The van der Waals surface area contributed by atoms with Gasteiger partial charge in [-0.2, -0.15) is 0 Å². The molecule has 0 aliphatic carbocycles. The number of rotatable bonds is 4. The number of aromatic nitrogens is 1. The molecule has 0 saturated carbocycles. The third-order valence-electron chi connectivity index (χ3n) is 4.80. The first kappa shape index (κ1) is 18.4. The predicted octanol–water partition coefficient (Wildman–Crippen LogP) is 2.29. The molecular formula is C19H23N3O3S. The number of nitrogen functional groups attached to an aromatic ring is 1. The van der Waals surface area contributed by atoms with Crippen LogP contribution >= 0.6 is 0 Å². The normalized spacial score (nSPS) is 18.6. The molecule has 26 heavy (non-hydrogen) atoms. The van der Waals surface area contributed by atoms with Gasteiger partial charge in [-0.3, -0.25) is 4.79 Å². The van der Waals surface area contributed by atoms with Gasteiger partial charge in [0.15, 0.2) is 9.84 Å². The SMILES string of the molecule is CCN(C(=O)c1ccc(-c2ccc(N)nc2C)cc1)C1CCS(=O)(=O)C1. The summed E-state index contributed by atoms with van der Waals surface area (Å²) >= 11 is 0. The fourth-order valence-electron chi connectivity index (χ4n) is 3.43. The predicted molar refractivity (Wildman–Crippen MR) is 103 cm³/mol. The number of anilines is 1. The van der Waals surface area contributed by atoms with Gasteiger partial charge in [-0.05, 0) is 50.1 Å². The number of benzene rings is 1. The Labute approximate surface area is 154 Å². The monoisotopic (exact) mass is 373 g/mol. The molecule has 1 amide bonds. The molecule has 138 valence electrons. The lowest BCUT2D eigenvalue weighted by atomic mass is 10.0. The molecule has 1 atom stereocenters. The lowest BCUT2D eigenvalue weighted by Gasteiger charge is -2.27. The van der Waals surface area contributed by atoms with Crippen LogP contribution in [0, 0.1) is 6.92 Å². The van der Waals surface area contributed by atoms with Crippen LogP contribution in [-0.2, 0) is 9.84 Å². The number of sulfone groups is 1. The van der Waals surface area contributed by atoms with Gasteiger partial charge < -0.3 is 10.6 Å². The van der Waals surface area contributed by atoms with E-state index in [2.05, 4.69) is 4.98 Å². The summed E-state index contributed by atoms with van der Waals surface area (Å²) in [4.78, 5) is 18.8. The number of nitrogens with zero attached hydrogens (tertiary/aromatic N) is 2. The number of hydrogen-bond donors (Lipinski definition) is 1. The van der Waals surface area contributed by atoms with Crippen molar-refractivity contribution in [3.8, 4) is 11.1 Å². The zero-order valence-corrected chi connectivity index (χ0v) is 15.8. The van der Waals surface area contributed by atoms with Crippen LogP contribution in [0.2, 0.25) is 0 Å². The molecule has 2 heterocycles. The van der Waals surface area contributed by atoms with E-state index in [1.807, 2.05) is 32.0 Å². The summed E-state index contributed by atoms with van der Waals surface area (Å²) < 4.78 is 23.5. The lowest BCUT2D eigenvalue weighted by molar-refractivity contribution is 0.0708. The highest BCUT2D eigenvalue weighted by molar-refractivity contribution is 7.91. The number of aryl methyl sites for hydroxylation is 1. The highest BCUT2D eigenvalue weighted by atomic mass is 32.2.